The Morgan fingerprint density at radius 1 is 1.43 bits per heavy atom. The minimum absolute atomic E-state index is 0.143. The first-order valence-corrected chi connectivity index (χ1v) is 7.15. The van der Waals surface area contributed by atoms with Gasteiger partial charge in [0.25, 0.3) is 11.8 Å². The summed E-state index contributed by atoms with van der Waals surface area (Å²) in [6.45, 7) is 7.35. The van der Waals surface area contributed by atoms with Gasteiger partial charge in [-0.1, -0.05) is 20.8 Å². The second-order valence-corrected chi connectivity index (χ2v) is 6.16. The monoisotopic (exact) mass is 289 g/mol. The molecule has 0 bridgehead atoms. The highest BCUT2D eigenvalue weighted by Gasteiger charge is 2.67. The maximum absolute atomic E-state index is 12.8. The Morgan fingerprint density at radius 2 is 2.10 bits per heavy atom. The zero-order valence-corrected chi connectivity index (χ0v) is 12.6. The van der Waals surface area contributed by atoms with Crippen molar-refractivity contribution in [3.05, 3.63) is 29.1 Å². The normalized spacial score (nSPS) is 30.7. The summed E-state index contributed by atoms with van der Waals surface area (Å²) in [4.78, 5) is 30.6. The van der Waals surface area contributed by atoms with Crippen molar-refractivity contribution in [1.29, 1.82) is 0 Å². The van der Waals surface area contributed by atoms with E-state index in [-0.39, 0.29) is 23.4 Å². The molecule has 21 heavy (non-hydrogen) atoms. The third-order valence-electron chi connectivity index (χ3n) is 4.78. The first-order chi connectivity index (χ1) is 9.76. The van der Waals surface area contributed by atoms with Crippen molar-refractivity contribution in [1.82, 2.24) is 15.2 Å². The average molecular weight is 289 g/mol. The number of nitrogens with one attached hydrogen (secondary N) is 1. The van der Waals surface area contributed by atoms with E-state index in [1.165, 1.54) is 4.90 Å². The molecule has 0 radical (unpaired) electrons. The van der Waals surface area contributed by atoms with Gasteiger partial charge in [0.15, 0.2) is 0 Å². The van der Waals surface area contributed by atoms with Gasteiger partial charge in [-0.15, -0.1) is 0 Å². The minimum Gasteiger partial charge on any atom is -0.349 e. The smallest absolute Gasteiger partial charge is 0.268 e. The second kappa shape index (κ2) is 4.04. The molecule has 3 rings (SSSR count). The molecule has 2 atom stereocenters. The first-order valence-electron chi connectivity index (χ1n) is 7.15. The van der Waals surface area contributed by atoms with Crippen molar-refractivity contribution in [2.75, 3.05) is 0 Å². The van der Waals surface area contributed by atoms with Crippen LogP contribution in [0.2, 0.25) is 0 Å². The van der Waals surface area contributed by atoms with E-state index >= 15 is 0 Å². The van der Waals surface area contributed by atoms with Gasteiger partial charge in [0.2, 0.25) is 5.91 Å². The van der Waals surface area contributed by atoms with Gasteiger partial charge in [-0.3, -0.25) is 19.5 Å². The van der Waals surface area contributed by atoms with E-state index in [4.69, 9.17) is 0 Å². The number of aliphatic hydroxyl groups is 1. The van der Waals surface area contributed by atoms with E-state index in [0.29, 0.717) is 5.56 Å². The van der Waals surface area contributed by atoms with Crippen molar-refractivity contribution in [2.45, 2.75) is 45.5 Å². The van der Waals surface area contributed by atoms with Gasteiger partial charge in [0.05, 0.1) is 5.56 Å². The quantitative estimate of drug-likeness (QED) is 0.841. The minimum atomic E-state index is -1.84. The number of carbonyl (C=O) groups is 2. The van der Waals surface area contributed by atoms with Gasteiger partial charge in [-0.2, -0.15) is 0 Å². The third kappa shape index (κ3) is 1.48. The summed E-state index contributed by atoms with van der Waals surface area (Å²) >= 11 is 0. The summed E-state index contributed by atoms with van der Waals surface area (Å²) < 4.78 is 0. The molecule has 1 fully saturated rings. The van der Waals surface area contributed by atoms with Crippen molar-refractivity contribution < 1.29 is 14.7 Å². The average Bonchev–Trinajstić information content (AvgIpc) is 2.78. The molecule has 2 unspecified atom stereocenters. The zero-order chi connectivity index (χ0) is 15.6. The predicted octanol–water partition coefficient (Wildman–Crippen LogP) is 0.747. The number of pyridine rings is 1. The summed E-state index contributed by atoms with van der Waals surface area (Å²) in [6.07, 6.45) is 2.38. The number of amides is 2. The number of aromatic nitrogens is 1. The summed E-state index contributed by atoms with van der Waals surface area (Å²) in [5.41, 5.74) is 0.398. The van der Waals surface area contributed by atoms with Crippen LogP contribution in [0, 0.1) is 5.92 Å². The Hall–Kier alpha value is -1.95. The Kier molecular flexibility index (Phi) is 2.69. The van der Waals surface area contributed by atoms with Gasteiger partial charge in [-0.25, -0.2) is 0 Å². The largest absolute Gasteiger partial charge is 0.349 e. The first kappa shape index (κ1) is 14.0. The van der Waals surface area contributed by atoms with Crippen LogP contribution in [0.3, 0.4) is 0 Å². The lowest BCUT2D eigenvalue weighted by atomic mass is 9.87. The van der Waals surface area contributed by atoms with E-state index in [1.807, 2.05) is 20.8 Å². The molecule has 112 valence electrons. The molecular formula is C15H19N3O3. The molecule has 2 amide bonds. The molecule has 3 heterocycles. The van der Waals surface area contributed by atoms with Crippen LogP contribution in [0.25, 0.3) is 0 Å². The van der Waals surface area contributed by atoms with Crippen LogP contribution in [0.5, 0.6) is 0 Å². The zero-order valence-electron chi connectivity index (χ0n) is 12.6. The Morgan fingerprint density at radius 3 is 2.67 bits per heavy atom. The highest BCUT2D eigenvalue weighted by molar-refractivity contribution is 6.06. The third-order valence-corrected chi connectivity index (χ3v) is 4.78. The van der Waals surface area contributed by atoms with Crippen molar-refractivity contribution in [3.8, 4) is 0 Å². The molecule has 2 aliphatic rings. The molecule has 0 saturated carbocycles. The fourth-order valence-electron chi connectivity index (χ4n) is 3.08. The maximum Gasteiger partial charge on any atom is 0.268 e. The molecule has 6 heteroatoms. The molecule has 6 nitrogen and oxygen atoms in total. The van der Waals surface area contributed by atoms with Crippen LogP contribution in [-0.4, -0.2) is 32.3 Å². The second-order valence-electron chi connectivity index (χ2n) is 6.16. The lowest BCUT2D eigenvalue weighted by Gasteiger charge is -2.37. The molecule has 0 spiro atoms. The van der Waals surface area contributed by atoms with Crippen LogP contribution < -0.4 is 5.32 Å². The highest BCUT2D eigenvalue weighted by atomic mass is 16.3. The summed E-state index contributed by atoms with van der Waals surface area (Å²) in [5.74, 6) is -2.70. The number of carbonyl (C=O) groups excluding carboxylic acids is 2. The van der Waals surface area contributed by atoms with Crippen molar-refractivity contribution >= 4 is 11.8 Å². The SMILES string of the molecule is CCc1cnc2c(c1)C(=O)N1C2(O)NC(=O)C1(C)C(C)C. The van der Waals surface area contributed by atoms with Gasteiger partial charge in [0, 0.05) is 6.20 Å². The number of hydrogen-bond donors (Lipinski definition) is 2. The van der Waals surface area contributed by atoms with Crippen LogP contribution in [0.15, 0.2) is 12.3 Å². The summed E-state index contributed by atoms with van der Waals surface area (Å²) in [7, 11) is 0. The molecule has 2 aliphatic heterocycles. The standard InChI is InChI=1S/C15H19N3O3/c1-5-9-6-10-11(16-7-9)15(21)17-13(20)14(4,8(2)3)18(15)12(10)19/h6-8,21H,5H2,1-4H3,(H,17,20). The number of fused-ring (bicyclic) bond motifs is 3. The Bertz CT molecular complexity index is 658. The number of aryl methyl sites for hydroxylation is 1. The van der Waals surface area contributed by atoms with Crippen molar-refractivity contribution in [3.63, 3.8) is 0 Å². The van der Waals surface area contributed by atoms with E-state index in [0.717, 1.165) is 12.0 Å². The van der Waals surface area contributed by atoms with Crippen LogP contribution >= 0.6 is 0 Å². The molecule has 1 saturated heterocycles. The fraction of sp³-hybridized carbons (Fsp3) is 0.533. The van der Waals surface area contributed by atoms with Crippen molar-refractivity contribution in [2.24, 2.45) is 5.92 Å². The molecule has 0 aliphatic carbocycles. The van der Waals surface area contributed by atoms with E-state index in [9.17, 15) is 14.7 Å². The Balaban J connectivity index is 2.21. The van der Waals surface area contributed by atoms with Gasteiger partial charge < -0.3 is 10.4 Å². The summed E-state index contributed by atoms with van der Waals surface area (Å²) in [6, 6.07) is 1.74. The molecule has 1 aromatic heterocycles. The lowest BCUT2D eigenvalue weighted by Crippen LogP contribution is -2.55. The van der Waals surface area contributed by atoms with Crippen LogP contribution in [0.1, 0.15) is 49.3 Å². The maximum atomic E-state index is 12.8. The number of nitrogens with zero attached hydrogens (tertiary/aromatic N) is 2. The molecule has 2 N–H and O–H groups in total. The van der Waals surface area contributed by atoms with Gasteiger partial charge >= 0.3 is 0 Å². The number of hydrogen-bond acceptors (Lipinski definition) is 4. The lowest BCUT2D eigenvalue weighted by molar-refractivity contribution is -0.127. The highest BCUT2D eigenvalue weighted by Crippen LogP contribution is 2.46. The van der Waals surface area contributed by atoms with Crippen LogP contribution in [0.4, 0.5) is 0 Å². The summed E-state index contributed by atoms with van der Waals surface area (Å²) in [5, 5.41) is 13.4. The van der Waals surface area contributed by atoms with E-state index < -0.39 is 11.4 Å². The molecular weight excluding hydrogens is 270 g/mol. The Labute approximate surface area is 123 Å². The predicted molar refractivity (Wildman–Crippen MR) is 75.1 cm³/mol. The topological polar surface area (TPSA) is 82.5 Å². The van der Waals surface area contributed by atoms with Gasteiger partial charge in [0.1, 0.15) is 11.2 Å². The molecule has 0 aromatic carbocycles. The van der Waals surface area contributed by atoms with Gasteiger partial charge in [-0.05, 0) is 30.9 Å². The number of rotatable bonds is 2. The van der Waals surface area contributed by atoms with E-state index in [1.54, 1.807) is 19.2 Å². The van der Waals surface area contributed by atoms with Crippen LogP contribution in [-0.2, 0) is 17.1 Å². The molecule has 1 aromatic rings. The fourth-order valence-corrected chi connectivity index (χ4v) is 3.08. The van der Waals surface area contributed by atoms with E-state index in [2.05, 4.69) is 10.3 Å².